The number of anilines is 1. The molecule has 4 heteroatoms. The number of nitrogens with zero attached hydrogens (tertiary/aromatic N) is 3. The van der Waals surface area contributed by atoms with Crippen molar-refractivity contribution in [2.45, 2.75) is 26.8 Å². The third-order valence-electron chi connectivity index (χ3n) is 2.30. The van der Waals surface area contributed by atoms with Crippen molar-refractivity contribution >= 4 is 5.82 Å². The lowest BCUT2D eigenvalue weighted by Gasteiger charge is -2.14. The normalized spacial score (nSPS) is 10.3. The highest BCUT2D eigenvalue weighted by molar-refractivity contribution is 5.35. The second kappa shape index (κ2) is 6.35. The predicted octanol–water partition coefficient (Wildman–Crippen LogP) is 1.43. The molecule has 1 N–H and O–H groups in total. The van der Waals surface area contributed by atoms with Crippen LogP contribution in [0, 0.1) is 0 Å². The van der Waals surface area contributed by atoms with E-state index in [-0.39, 0.29) is 0 Å². The third-order valence-corrected chi connectivity index (χ3v) is 2.30. The van der Waals surface area contributed by atoms with Crippen LogP contribution in [0.15, 0.2) is 12.1 Å². The molecule has 0 aromatic carbocycles. The molecule has 1 aromatic rings. The Labute approximate surface area is 91.7 Å². The zero-order valence-corrected chi connectivity index (χ0v) is 9.82. The fourth-order valence-corrected chi connectivity index (χ4v) is 1.21. The van der Waals surface area contributed by atoms with Crippen LogP contribution in [0.4, 0.5) is 5.82 Å². The van der Waals surface area contributed by atoms with Crippen molar-refractivity contribution in [2.24, 2.45) is 0 Å². The minimum Gasteiger partial charge on any atom is -0.358 e. The molecule has 84 valence electrons. The van der Waals surface area contributed by atoms with Crippen molar-refractivity contribution < 1.29 is 0 Å². The van der Waals surface area contributed by atoms with Gasteiger partial charge in [-0.05, 0) is 32.0 Å². The molecule has 0 atom stereocenters. The molecule has 1 heterocycles. The Kier molecular flexibility index (Phi) is 5.04. The maximum Gasteiger partial charge on any atom is 0.150 e. The molecule has 0 bridgehead atoms. The quantitative estimate of drug-likeness (QED) is 0.718. The smallest absolute Gasteiger partial charge is 0.150 e. The van der Waals surface area contributed by atoms with E-state index in [2.05, 4.69) is 34.3 Å². The number of rotatable bonds is 6. The average Bonchev–Trinajstić information content (AvgIpc) is 2.29. The van der Waals surface area contributed by atoms with Crippen LogP contribution in [0.25, 0.3) is 0 Å². The average molecular weight is 208 g/mol. The van der Waals surface area contributed by atoms with Crippen LogP contribution in [-0.2, 0) is 6.54 Å². The minimum atomic E-state index is 0.803. The van der Waals surface area contributed by atoms with Gasteiger partial charge in [-0.15, -0.1) is 5.10 Å². The Morgan fingerprint density at radius 1 is 1.27 bits per heavy atom. The van der Waals surface area contributed by atoms with E-state index in [4.69, 9.17) is 0 Å². The van der Waals surface area contributed by atoms with Crippen molar-refractivity contribution in [1.29, 1.82) is 0 Å². The molecule has 0 saturated carbocycles. The number of nitrogens with one attached hydrogen (secondary N) is 1. The molecule has 1 aromatic heterocycles. The molecule has 0 spiro atoms. The summed E-state index contributed by atoms with van der Waals surface area (Å²) in [5, 5.41) is 11.6. The Bertz CT molecular complexity index is 270. The number of hydrogen-bond donors (Lipinski definition) is 1. The molecule has 0 unspecified atom stereocenters. The van der Waals surface area contributed by atoms with Crippen molar-refractivity contribution in [1.82, 2.24) is 15.5 Å². The van der Waals surface area contributed by atoms with E-state index in [1.54, 1.807) is 0 Å². The predicted molar refractivity (Wildman–Crippen MR) is 63.0 cm³/mol. The van der Waals surface area contributed by atoms with E-state index in [0.29, 0.717) is 0 Å². The van der Waals surface area contributed by atoms with Gasteiger partial charge in [-0.25, -0.2) is 0 Å². The fraction of sp³-hybridized carbons (Fsp3) is 0.636. The first-order valence-corrected chi connectivity index (χ1v) is 5.52. The fourth-order valence-electron chi connectivity index (χ4n) is 1.21. The molecule has 0 amide bonds. The van der Waals surface area contributed by atoms with Gasteiger partial charge in [0.1, 0.15) is 0 Å². The standard InChI is InChI=1S/C11H20N4/c1-4-8-12-9-10-6-7-11(14-13-10)15(3)5-2/h6-7,12H,4-5,8-9H2,1-3H3. The lowest BCUT2D eigenvalue weighted by molar-refractivity contribution is 0.656. The molecular formula is C11H20N4. The molecule has 0 aliphatic heterocycles. The Morgan fingerprint density at radius 3 is 2.60 bits per heavy atom. The van der Waals surface area contributed by atoms with Gasteiger partial charge in [0.2, 0.25) is 0 Å². The van der Waals surface area contributed by atoms with Crippen LogP contribution in [0.2, 0.25) is 0 Å². The summed E-state index contributed by atoms with van der Waals surface area (Å²) < 4.78 is 0. The monoisotopic (exact) mass is 208 g/mol. The van der Waals surface area contributed by atoms with Crippen LogP contribution in [-0.4, -0.2) is 30.3 Å². The first kappa shape index (κ1) is 11.9. The lowest BCUT2D eigenvalue weighted by Crippen LogP contribution is -2.19. The molecule has 0 saturated heterocycles. The maximum absolute atomic E-state index is 4.17. The van der Waals surface area contributed by atoms with Gasteiger partial charge < -0.3 is 10.2 Å². The molecule has 0 aliphatic rings. The Morgan fingerprint density at radius 2 is 2.07 bits per heavy atom. The van der Waals surface area contributed by atoms with E-state index in [1.165, 1.54) is 0 Å². The van der Waals surface area contributed by atoms with Crippen LogP contribution in [0.1, 0.15) is 26.0 Å². The summed E-state index contributed by atoms with van der Waals surface area (Å²) in [6, 6.07) is 4.04. The van der Waals surface area contributed by atoms with Gasteiger partial charge in [0.05, 0.1) is 5.69 Å². The Balaban J connectivity index is 2.49. The van der Waals surface area contributed by atoms with E-state index in [1.807, 2.05) is 19.2 Å². The van der Waals surface area contributed by atoms with Crippen LogP contribution >= 0.6 is 0 Å². The second-order valence-corrected chi connectivity index (χ2v) is 3.57. The molecular weight excluding hydrogens is 188 g/mol. The molecule has 0 fully saturated rings. The summed E-state index contributed by atoms with van der Waals surface area (Å²) in [7, 11) is 2.01. The topological polar surface area (TPSA) is 41.0 Å². The van der Waals surface area contributed by atoms with Gasteiger partial charge in [0.25, 0.3) is 0 Å². The van der Waals surface area contributed by atoms with Gasteiger partial charge in [-0.2, -0.15) is 5.10 Å². The third kappa shape index (κ3) is 3.83. The van der Waals surface area contributed by atoms with Gasteiger partial charge in [-0.3, -0.25) is 0 Å². The van der Waals surface area contributed by atoms with E-state index >= 15 is 0 Å². The van der Waals surface area contributed by atoms with Crippen LogP contribution < -0.4 is 10.2 Å². The molecule has 1 rings (SSSR count). The van der Waals surface area contributed by atoms with Crippen molar-refractivity contribution in [3.8, 4) is 0 Å². The van der Waals surface area contributed by atoms with Crippen molar-refractivity contribution in [3.05, 3.63) is 17.8 Å². The highest BCUT2D eigenvalue weighted by Gasteiger charge is 2.00. The van der Waals surface area contributed by atoms with Crippen molar-refractivity contribution in [2.75, 3.05) is 25.0 Å². The van der Waals surface area contributed by atoms with Crippen LogP contribution in [0.5, 0.6) is 0 Å². The zero-order chi connectivity index (χ0) is 11.1. The van der Waals surface area contributed by atoms with E-state index < -0.39 is 0 Å². The first-order valence-electron chi connectivity index (χ1n) is 5.52. The van der Waals surface area contributed by atoms with Crippen molar-refractivity contribution in [3.63, 3.8) is 0 Å². The summed E-state index contributed by atoms with van der Waals surface area (Å²) in [5.74, 6) is 0.928. The highest BCUT2D eigenvalue weighted by Crippen LogP contribution is 2.06. The number of aromatic nitrogens is 2. The van der Waals surface area contributed by atoms with E-state index in [9.17, 15) is 0 Å². The molecule has 4 nitrogen and oxygen atoms in total. The number of hydrogen-bond acceptors (Lipinski definition) is 4. The van der Waals surface area contributed by atoms with Gasteiger partial charge in [0.15, 0.2) is 5.82 Å². The maximum atomic E-state index is 4.17. The second-order valence-electron chi connectivity index (χ2n) is 3.57. The van der Waals surface area contributed by atoms with Crippen LogP contribution in [0.3, 0.4) is 0 Å². The summed E-state index contributed by atoms with van der Waals surface area (Å²) in [6.45, 7) is 7.02. The summed E-state index contributed by atoms with van der Waals surface area (Å²) in [4.78, 5) is 2.07. The molecule has 0 aliphatic carbocycles. The summed E-state index contributed by atoms with van der Waals surface area (Å²) >= 11 is 0. The molecule has 0 radical (unpaired) electrons. The zero-order valence-electron chi connectivity index (χ0n) is 9.82. The van der Waals surface area contributed by atoms with Gasteiger partial charge >= 0.3 is 0 Å². The van der Waals surface area contributed by atoms with E-state index in [0.717, 1.165) is 37.6 Å². The Hall–Kier alpha value is -1.16. The van der Waals surface area contributed by atoms with Gasteiger partial charge in [0, 0.05) is 20.1 Å². The molecule has 15 heavy (non-hydrogen) atoms. The minimum absolute atomic E-state index is 0.803. The SMILES string of the molecule is CCCNCc1ccc(N(C)CC)nn1. The highest BCUT2D eigenvalue weighted by atomic mass is 15.2. The summed E-state index contributed by atoms with van der Waals surface area (Å²) in [6.07, 6.45) is 1.14. The first-order chi connectivity index (χ1) is 7.27. The lowest BCUT2D eigenvalue weighted by atomic mass is 10.3. The van der Waals surface area contributed by atoms with Gasteiger partial charge in [-0.1, -0.05) is 6.92 Å². The summed E-state index contributed by atoms with van der Waals surface area (Å²) in [5.41, 5.74) is 0.997. The largest absolute Gasteiger partial charge is 0.358 e.